The first-order chi connectivity index (χ1) is 8.75. The summed E-state index contributed by atoms with van der Waals surface area (Å²) in [4.78, 5) is 25.2. The van der Waals surface area contributed by atoms with Crippen LogP contribution in [0.5, 0.6) is 0 Å². The molecule has 3 rings (SSSR count). The molecule has 0 aliphatic carbocycles. The number of epoxide rings is 1. The van der Waals surface area contributed by atoms with Crippen LogP contribution < -0.4 is 0 Å². The summed E-state index contributed by atoms with van der Waals surface area (Å²) in [6.45, 7) is 0.508. The smallest absolute Gasteiger partial charge is 0.261 e. The summed E-state index contributed by atoms with van der Waals surface area (Å²) in [7, 11) is 0. The van der Waals surface area contributed by atoms with Gasteiger partial charge in [-0.05, 0) is 18.4 Å². The minimum absolute atomic E-state index is 0.0793. The minimum atomic E-state index is -0.334. The van der Waals surface area contributed by atoms with Crippen molar-refractivity contribution in [1.29, 1.82) is 0 Å². The lowest BCUT2D eigenvalue weighted by Crippen LogP contribution is -2.44. The molecule has 1 aromatic carbocycles. The van der Waals surface area contributed by atoms with Crippen LogP contribution in [0, 0.1) is 0 Å². The predicted molar refractivity (Wildman–Crippen MR) is 64.8 cm³/mol. The molecule has 2 saturated heterocycles. The van der Waals surface area contributed by atoms with Crippen LogP contribution >= 0.6 is 0 Å². The van der Waals surface area contributed by atoms with E-state index in [1.165, 1.54) is 4.90 Å². The Balaban J connectivity index is 1.56. The number of amides is 2. The molecular weight excluding hydrogens is 230 g/mol. The van der Waals surface area contributed by atoms with E-state index in [1.54, 1.807) is 0 Å². The van der Waals surface area contributed by atoms with Gasteiger partial charge in [-0.15, -0.1) is 0 Å². The summed E-state index contributed by atoms with van der Waals surface area (Å²) in [5.74, 6) is -0.234. The third kappa shape index (κ3) is 2.16. The third-order valence-electron chi connectivity index (χ3n) is 3.50. The van der Waals surface area contributed by atoms with Crippen LogP contribution in [0.15, 0.2) is 30.3 Å². The van der Waals surface area contributed by atoms with Crippen LogP contribution in [-0.2, 0) is 20.7 Å². The van der Waals surface area contributed by atoms with Crippen molar-refractivity contribution >= 4 is 11.8 Å². The van der Waals surface area contributed by atoms with E-state index >= 15 is 0 Å². The fraction of sp³-hybridized carbons (Fsp3) is 0.429. The van der Waals surface area contributed by atoms with Gasteiger partial charge in [0.1, 0.15) is 0 Å². The van der Waals surface area contributed by atoms with Crippen molar-refractivity contribution in [2.45, 2.75) is 31.5 Å². The van der Waals surface area contributed by atoms with Crippen LogP contribution in [0.4, 0.5) is 0 Å². The van der Waals surface area contributed by atoms with Crippen molar-refractivity contribution in [3.05, 3.63) is 35.9 Å². The Morgan fingerprint density at radius 2 is 2.11 bits per heavy atom. The molecule has 0 saturated carbocycles. The third-order valence-corrected chi connectivity index (χ3v) is 3.50. The zero-order chi connectivity index (χ0) is 12.5. The van der Waals surface area contributed by atoms with Crippen molar-refractivity contribution < 1.29 is 14.3 Å². The molecule has 2 aliphatic heterocycles. The second-order valence-electron chi connectivity index (χ2n) is 4.75. The summed E-state index contributed by atoms with van der Waals surface area (Å²) >= 11 is 0. The summed E-state index contributed by atoms with van der Waals surface area (Å²) < 4.78 is 5.19. The van der Waals surface area contributed by atoms with Crippen molar-refractivity contribution in [2.24, 2.45) is 0 Å². The van der Waals surface area contributed by atoms with Crippen molar-refractivity contribution in [2.75, 3.05) is 6.54 Å². The quantitative estimate of drug-likeness (QED) is 0.750. The Hall–Kier alpha value is -1.68. The van der Waals surface area contributed by atoms with Gasteiger partial charge in [-0.1, -0.05) is 30.3 Å². The van der Waals surface area contributed by atoms with E-state index in [0.29, 0.717) is 19.4 Å². The summed E-state index contributed by atoms with van der Waals surface area (Å²) in [5.41, 5.74) is 1.12. The molecule has 18 heavy (non-hydrogen) atoms. The molecule has 0 unspecified atom stereocenters. The van der Waals surface area contributed by atoms with E-state index in [0.717, 1.165) is 12.0 Å². The number of piperidine rings is 1. The number of aryl methyl sites for hydroxylation is 1. The van der Waals surface area contributed by atoms with E-state index in [-0.39, 0.29) is 24.0 Å². The molecule has 2 heterocycles. The predicted octanol–water partition coefficient (Wildman–Crippen LogP) is 1.15. The number of carbonyl (C=O) groups is 2. The van der Waals surface area contributed by atoms with E-state index in [4.69, 9.17) is 4.74 Å². The maximum atomic E-state index is 12.0. The second kappa shape index (κ2) is 4.53. The largest absolute Gasteiger partial charge is 0.359 e. The van der Waals surface area contributed by atoms with Gasteiger partial charge < -0.3 is 4.74 Å². The molecule has 0 bridgehead atoms. The number of carbonyl (C=O) groups excluding carboxylic acids is 2. The number of likely N-dealkylation sites (tertiary alicyclic amines) is 1. The van der Waals surface area contributed by atoms with Crippen molar-refractivity contribution in [1.82, 2.24) is 4.90 Å². The van der Waals surface area contributed by atoms with Gasteiger partial charge in [-0.3, -0.25) is 14.5 Å². The summed E-state index contributed by atoms with van der Waals surface area (Å²) in [6.07, 6.45) is 1.59. The summed E-state index contributed by atoms with van der Waals surface area (Å²) in [6, 6.07) is 9.84. The monoisotopic (exact) mass is 245 g/mol. The average Bonchev–Trinajstić information content (AvgIpc) is 3.18. The zero-order valence-electron chi connectivity index (χ0n) is 10.0. The Bertz CT molecular complexity index is 471. The Labute approximate surface area is 106 Å². The Kier molecular flexibility index (Phi) is 2.88. The highest BCUT2D eigenvalue weighted by molar-refractivity contribution is 5.99. The molecule has 0 radical (unpaired) electrons. The lowest BCUT2D eigenvalue weighted by Gasteiger charge is -2.22. The van der Waals surface area contributed by atoms with Gasteiger partial charge in [0.25, 0.3) is 5.91 Å². The molecule has 0 N–H and O–H groups in total. The molecule has 0 aromatic heterocycles. The molecule has 4 heteroatoms. The van der Waals surface area contributed by atoms with Crippen LogP contribution in [-0.4, -0.2) is 35.5 Å². The van der Waals surface area contributed by atoms with Crippen LogP contribution in [0.3, 0.4) is 0 Å². The van der Waals surface area contributed by atoms with Gasteiger partial charge >= 0.3 is 0 Å². The fourth-order valence-electron chi connectivity index (χ4n) is 2.38. The van der Waals surface area contributed by atoms with Gasteiger partial charge in [-0.25, -0.2) is 0 Å². The van der Waals surface area contributed by atoms with Crippen LogP contribution in [0.2, 0.25) is 0 Å². The van der Waals surface area contributed by atoms with Gasteiger partial charge in [0.2, 0.25) is 5.91 Å². The van der Waals surface area contributed by atoms with Gasteiger partial charge in [-0.2, -0.15) is 0 Å². The first-order valence-corrected chi connectivity index (χ1v) is 6.29. The maximum absolute atomic E-state index is 12.0. The van der Waals surface area contributed by atoms with Gasteiger partial charge in [0.15, 0.2) is 6.10 Å². The number of ether oxygens (including phenoxy) is 1. The van der Waals surface area contributed by atoms with E-state index in [2.05, 4.69) is 0 Å². The topological polar surface area (TPSA) is 49.9 Å². The molecule has 0 spiro atoms. The SMILES string of the molecule is O=C(CCc1ccccc1)N1CC[C@H]2O[C@H]2C1=O. The standard InChI is InChI=1S/C14H15NO3/c16-12(7-6-10-4-2-1-3-5-10)15-9-8-11-13(18-11)14(15)17/h1-5,11,13H,6-9H2/t11-,13-/m1/s1. The number of hydrogen-bond donors (Lipinski definition) is 0. The molecule has 1 aromatic rings. The Morgan fingerprint density at radius 1 is 1.33 bits per heavy atom. The van der Waals surface area contributed by atoms with E-state index < -0.39 is 0 Å². The van der Waals surface area contributed by atoms with Gasteiger partial charge in [0.05, 0.1) is 6.10 Å². The fourth-order valence-corrected chi connectivity index (χ4v) is 2.38. The second-order valence-corrected chi connectivity index (χ2v) is 4.75. The molecule has 94 valence electrons. The van der Waals surface area contributed by atoms with Crippen LogP contribution in [0.25, 0.3) is 0 Å². The highest BCUT2D eigenvalue weighted by atomic mass is 16.6. The minimum Gasteiger partial charge on any atom is -0.359 e. The number of benzene rings is 1. The average molecular weight is 245 g/mol. The van der Waals surface area contributed by atoms with E-state index in [1.807, 2.05) is 30.3 Å². The molecule has 2 amide bonds. The van der Waals surface area contributed by atoms with Gasteiger partial charge in [0, 0.05) is 13.0 Å². The van der Waals surface area contributed by atoms with Crippen molar-refractivity contribution in [3.63, 3.8) is 0 Å². The van der Waals surface area contributed by atoms with Crippen LogP contribution in [0.1, 0.15) is 18.4 Å². The Morgan fingerprint density at radius 3 is 2.89 bits per heavy atom. The number of nitrogens with zero attached hydrogens (tertiary/aromatic N) is 1. The number of hydrogen-bond acceptors (Lipinski definition) is 3. The van der Waals surface area contributed by atoms with E-state index in [9.17, 15) is 9.59 Å². The normalized spacial score (nSPS) is 25.8. The highest BCUT2D eigenvalue weighted by Gasteiger charge is 2.51. The molecule has 2 fully saturated rings. The number of rotatable bonds is 3. The zero-order valence-corrected chi connectivity index (χ0v) is 10.0. The molecular formula is C14H15NO3. The highest BCUT2D eigenvalue weighted by Crippen LogP contribution is 2.32. The first kappa shape index (κ1) is 11.4. The molecule has 2 atom stereocenters. The first-order valence-electron chi connectivity index (χ1n) is 6.29. The summed E-state index contributed by atoms with van der Waals surface area (Å²) in [5, 5.41) is 0. The maximum Gasteiger partial charge on any atom is 0.261 e. The molecule has 4 nitrogen and oxygen atoms in total. The lowest BCUT2D eigenvalue weighted by atomic mass is 10.1. The lowest BCUT2D eigenvalue weighted by molar-refractivity contribution is -0.146. The van der Waals surface area contributed by atoms with Crippen molar-refractivity contribution in [3.8, 4) is 0 Å². The molecule has 2 aliphatic rings. The number of imide groups is 1. The number of fused-ring (bicyclic) bond motifs is 1.